The van der Waals surface area contributed by atoms with E-state index in [2.05, 4.69) is 27.7 Å². The summed E-state index contributed by atoms with van der Waals surface area (Å²) in [6.07, 6.45) is 5.48. The lowest BCUT2D eigenvalue weighted by atomic mass is 10.1. The number of rotatable bonds is 8. The normalized spacial score (nSPS) is 13.9. The highest BCUT2D eigenvalue weighted by atomic mass is 32.2. The largest absolute Gasteiger partial charge is 0.341 e. The molecule has 0 unspecified atom stereocenters. The fourth-order valence-corrected chi connectivity index (χ4v) is 6.86. The van der Waals surface area contributed by atoms with Crippen LogP contribution in [0.15, 0.2) is 40.3 Å². The van der Waals surface area contributed by atoms with Crippen molar-refractivity contribution in [2.75, 3.05) is 18.8 Å². The van der Waals surface area contributed by atoms with Crippen LogP contribution in [0.25, 0.3) is 15.9 Å². The van der Waals surface area contributed by atoms with Crippen molar-refractivity contribution in [1.82, 2.24) is 14.5 Å². The van der Waals surface area contributed by atoms with E-state index in [4.69, 9.17) is 4.98 Å². The Labute approximate surface area is 210 Å². The number of carbonyl (C=O) groups is 1. The first kappa shape index (κ1) is 25.0. The molecule has 0 spiro atoms. The zero-order valence-electron chi connectivity index (χ0n) is 20.7. The van der Waals surface area contributed by atoms with E-state index in [1.807, 2.05) is 35.2 Å². The van der Waals surface area contributed by atoms with Crippen molar-refractivity contribution in [3.63, 3.8) is 0 Å². The lowest BCUT2D eigenvalue weighted by molar-refractivity contribution is -0.129. The van der Waals surface area contributed by atoms with E-state index in [0.29, 0.717) is 17.0 Å². The molecule has 2 heterocycles. The zero-order chi connectivity index (χ0) is 24.2. The number of nitrogens with zero attached hydrogens (tertiary/aromatic N) is 3. The Morgan fingerprint density at radius 3 is 2.41 bits per heavy atom. The van der Waals surface area contributed by atoms with Gasteiger partial charge in [-0.2, -0.15) is 0 Å². The van der Waals surface area contributed by atoms with E-state index in [-0.39, 0.29) is 17.2 Å². The molecule has 7 heteroatoms. The van der Waals surface area contributed by atoms with E-state index < -0.39 is 0 Å². The second kappa shape index (κ2) is 11.1. The van der Waals surface area contributed by atoms with Crippen LogP contribution in [0.2, 0.25) is 0 Å². The molecule has 0 radical (unpaired) electrons. The number of amides is 1. The molecule has 1 amide bonds. The summed E-state index contributed by atoms with van der Waals surface area (Å²) in [5, 5.41) is 1.38. The second-order valence-corrected chi connectivity index (χ2v) is 12.0. The Bertz CT molecular complexity index is 1190. The number of hydrogen-bond donors (Lipinski definition) is 0. The fourth-order valence-electron chi connectivity index (χ4n) is 4.64. The predicted molar refractivity (Wildman–Crippen MR) is 143 cm³/mol. The minimum Gasteiger partial charge on any atom is -0.341 e. The number of thioether (sulfide) groups is 1. The van der Waals surface area contributed by atoms with Gasteiger partial charge in [0.1, 0.15) is 4.83 Å². The molecule has 0 bridgehead atoms. The first-order chi connectivity index (χ1) is 16.3. The van der Waals surface area contributed by atoms with E-state index in [1.165, 1.54) is 35.0 Å². The van der Waals surface area contributed by atoms with Crippen LogP contribution < -0.4 is 5.56 Å². The van der Waals surface area contributed by atoms with Gasteiger partial charge >= 0.3 is 0 Å². The quantitative estimate of drug-likeness (QED) is 0.219. The lowest BCUT2D eigenvalue weighted by Crippen LogP contribution is -2.38. The molecule has 0 fully saturated rings. The van der Waals surface area contributed by atoms with Crippen LogP contribution in [0.1, 0.15) is 57.4 Å². The standard InChI is InChI=1S/C27H35N3O2S2/c1-18(2)15-29(16-19(3)4)23(31)17-33-27-28-25-24(21-13-9-6-10-14-22(21)34-25)26(32)30(27)20-11-7-5-8-12-20/h5,7-8,11-12,18-19H,6,9-10,13-17H2,1-4H3. The molecule has 0 N–H and O–H groups in total. The third-order valence-electron chi connectivity index (χ3n) is 6.07. The molecule has 2 aromatic heterocycles. The molecular weight excluding hydrogens is 462 g/mol. The smallest absolute Gasteiger partial charge is 0.267 e. The summed E-state index contributed by atoms with van der Waals surface area (Å²) in [6.45, 7) is 10.0. The van der Waals surface area contributed by atoms with Crippen molar-refractivity contribution < 1.29 is 4.79 Å². The lowest BCUT2D eigenvalue weighted by Gasteiger charge is -2.26. The molecule has 4 rings (SSSR count). The Morgan fingerprint density at radius 2 is 1.74 bits per heavy atom. The molecule has 34 heavy (non-hydrogen) atoms. The van der Waals surface area contributed by atoms with Crippen molar-refractivity contribution in [3.8, 4) is 5.69 Å². The minimum atomic E-state index is -0.00762. The van der Waals surface area contributed by atoms with Crippen molar-refractivity contribution >= 4 is 39.2 Å². The third-order valence-corrected chi connectivity index (χ3v) is 8.18. The Balaban J connectivity index is 1.73. The van der Waals surface area contributed by atoms with E-state index in [9.17, 15) is 9.59 Å². The second-order valence-electron chi connectivity index (χ2n) is 9.99. The number of thiophene rings is 1. The van der Waals surface area contributed by atoms with Crippen LogP contribution in [0, 0.1) is 11.8 Å². The van der Waals surface area contributed by atoms with Crippen LogP contribution >= 0.6 is 23.1 Å². The number of para-hydroxylation sites is 1. The van der Waals surface area contributed by atoms with Crippen LogP contribution in [0.4, 0.5) is 0 Å². The Morgan fingerprint density at radius 1 is 1.06 bits per heavy atom. The molecule has 0 atom stereocenters. The molecule has 1 aromatic carbocycles. The van der Waals surface area contributed by atoms with Crippen molar-refractivity contribution in [2.45, 2.75) is 65.0 Å². The number of carbonyl (C=O) groups excluding carboxylic acids is 1. The molecule has 1 aliphatic rings. The summed E-state index contributed by atoms with van der Waals surface area (Å²) in [6, 6.07) is 9.70. The Kier molecular flexibility index (Phi) is 8.14. The molecule has 182 valence electrons. The summed E-state index contributed by atoms with van der Waals surface area (Å²) in [4.78, 5) is 36.1. The summed E-state index contributed by atoms with van der Waals surface area (Å²) >= 11 is 3.05. The highest BCUT2D eigenvalue weighted by molar-refractivity contribution is 7.99. The van der Waals surface area contributed by atoms with Crippen molar-refractivity contribution in [2.24, 2.45) is 11.8 Å². The average molecular weight is 498 g/mol. The zero-order valence-corrected chi connectivity index (χ0v) is 22.3. The van der Waals surface area contributed by atoms with Crippen LogP contribution in [-0.2, 0) is 17.6 Å². The van der Waals surface area contributed by atoms with Gasteiger partial charge in [0.05, 0.1) is 16.8 Å². The van der Waals surface area contributed by atoms with Gasteiger partial charge in [0.2, 0.25) is 5.91 Å². The van der Waals surface area contributed by atoms with E-state index >= 15 is 0 Å². The van der Waals surface area contributed by atoms with Crippen LogP contribution in [0.3, 0.4) is 0 Å². The molecule has 5 nitrogen and oxygen atoms in total. The molecule has 0 saturated carbocycles. The first-order valence-electron chi connectivity index (χ1n) is 12.4. The number of benzene rings is 1. The van der Waals surface area contributed by atoms with Gasteiger partial charge in [-0.3, -0.25) is 14.2 Å². The topological polar surface area (TPSA) is 55.2 Å². The maximum atomic E-state index is 13.9. The van der Waals surface area contributed by atoms with Gasteiger partial charge in [0, 0.05) is 18.0 Å². The summed E-state index contributed by atoms with van der Waals surface area (Å²) in [5.74, 6) is 1.19. The Hall–Kier alpha value is -2.12. The maximum absolute atomic E-state index is 13.9. The van der Waals surface area contributed by atoms with Gasteiger partial charge in [-0.1, -0.05) is 64.1 Å². The summed E-state index contributed by atoms with van der Waals surface area (Å²) in [5.41, 5.74) is 1.99. The molecule has 0 aliphatic heterocycles. The van der Waals surface area contributed by atoms with Gasteiger partial charge in [-0.25, -0.2) is 4.98 Å². The number of hydrogen-bond acceptors (Lipinski definition) is 5. The number of aromatic nitrogens is 2. The fraction of sp³-hybridized carbons (Fsp3) is 0.519. The SMILES string of the molecule is CC(C)CN(CC(C)C)C(=O)CSc1nc2sc3c(c2c(=O)n1-c1ccccc1)CCCCC3. The molecule has 0 saturated heterocycles. The highest BCUT2D eigenvalue weighted by Crippen LogP contribution is 2.34. The predicted octanol–water partition coefficient (Wildman–Crippen LogP) is 5.95. The first-order valence-corrected chi connectivity index (χ1v) is 14.2. The monoisotopic (exact) mass is 497 g/mol. The van der Waals surface area contributed by atoms with Gasteiger partial charge in [0.15, 0.2) is 5.16 Å². The third kappa shape index (κ3) is 5.57. The van der Waals surface area contributed by atoms with Crippen molar-refractivity contribution in [3.05, 3.63) is 51.1 Å². The van der Waals surface area contributed by atoms with Gasteiger partial charge in [0.25, 0.3) is 5.56 Å². The van der Waals surface area contributed by atoms with E-state index in [0.717, 1.165) is 48.3 Å². The van der Waals surface area contributed by atoms with Gasteiger partial charge in [-0.05, 0) is 55.2 Å². The van der Waals surface area contributed by atoms with Crippen LogP contribution in [-0.4, -0.2) is 39.2 Å². The minimum absolute atomic E-state index is 0.00762. The van der Waals surface area contributed by atoms with Gasteiger partial charge in [-0.15, -0.1) is 11.3 Å². The van der Waals surface area contributed by atoms with Crippen LogP contribution in [0.5, 0.6) is 0 Å². The molecule has 1 aliphatic carbocycles. The highest BCUT2D eigenvalue weighted by Gasteiger charge is 2.23. The summed E-state index contributed by atoms with van der Waals surface area (Å²) < 4.78 is 1.72. The van der Waals surface area contributed by atoms with Gasteiger partial charge < -0.3 is 4.90 Å². The summed E-state index contributed by atoms with van der Waals surface area (Å²) in [7, 11) is 0. The molecule has 3 aromatic rings. The average Bonchev–Trinajstić information content (AvgIpc) is 2.98. The maximum Gasteiger partial charge on any atom is 0.267 e. The molecular formula is C27H35N3O2S2. The van der Waals surface area contributed by atoms with E-state index in [1.54, 1.807) is 15.9 Å². The van der Waals surface area contributed by atoms with Crippen molar-refractivity contribution in [1.29, 1.82) is 0 Å². The number of fused-ring (bicyclic) bond motifs is 3. The number of aryl methyl sites for hydroxylation is 2.